The highest BCUT2D eigenvalue weighted by Gasteiger charge is 2.33. The van der Waals surface area contributed by atoms with Crippen LogP contribution in [0, 0.1) is 19.3 Å². The van der Waals surface area contributed by atoms with E-state index in [1.54, 1.807) is 0 Å². The summed E-state index contributed by atoms with van der Waals surface area (Å²) in [6.07, 6.45) is 1.56. The van der Waals surface area contributed by atoms with Crippen molar-refractivity contribution in [2.75, 3.05) is 19.0 Å². The third-order valence-electron chi connectivity index (χ3n) is 4.80. The lowest BCUT2D eigenvalue weighted by Gasteiger charge is -2.36. The number of halogens is 1. The van der Waals surface area contributed by atoms with Crippen LogP contribution in [0.2, 0.25) is 0 Å². The molecule has 24 heavy (non-hydrogen) atoms. The van der Waals surface area contributed by atoms with Gasteiger partial charge in [0.1, 0.15) is 0 Å². The number of rotatable bonds is 4. The van der Waals surface area contributed by atoms with Crippen LogP contribution >= 0.6 is 11.6 Å². The van der Waals surface area contributed by atoms with E-state index in [2.05, 4.69) is 5.32 Å². The summed E-state index contributed by atoms with van der Waals surface area (Å²) in [5, 5.41) is 3.09. The van der Waals surface area contributed by atoms with E-state index in [0.29, 0.717) is 24.5 Å². The van der Waals surface area contributed by atoms with Crippen molar-refractivity contribution in [3.63, 3.8) is 0 Å². The summed E-state index contributed by atoms with van der Waals surface area (Å²) in [7, 11) is 0. The van der Waals surface area contributed by atoms with E-state index in [4.69, 9.17) is 11.6 Å². The van der Waals surface area contributed by atoms with Crippen molar-refractivity contribution in [2.45, 2.75) is 46.6 Å². The van der Waals surface area contributed by atoms with Gasteiger partial charge in [-0.05, 0) is 63.8 Å². The summed E-state index contributed by atoms with van der Waals surface area (Å²) in [6, 6.07) is 5.87. The molecule has 0 radical (unpaired) electrons. The molecule has 1 aliphatic rings. The van der Waals surface area contributed by atoms with Crippen LogP contribution in [0.5, 0.6) is 0 Å². The number of nitrogens with zero attached hydrogens (tertiary/aromatic N) is 1. The van der Waals surface area contributed by atoms with E-state index in [0.717, 1.165) is 18.4 Å². The summed E-state index contributed by atoms with van der Waals surface area (Å²) in [4.78, 5) is 26.7. The molecule has 0 spiro atoms. The van der Waals surface area contributed by atoms with Crippen LogP contribution in [0.3, 0.4) is 0 Å². The smallest absolute Gasteiger partial charge is 0.251 e. The van der Waals surface area contributed by atoms with Gasteiger partial charge < -0.3 is 10.2 Å². The molecule has 0 aliphatic carbocycles. The van der Waals surface area contributed by atoms with Crippen LogP contribution in [0.1, 0.15) is 48.2 Å². The van der Waals surface area contributed by atoms with E-state index >= 15 is 0 Å². The van der Waals surface area contributed by atoms with Crippen molar-refractivity contribution in [3.8, 4) is 0 Å². The Bertz CT molecular complexity index is 620. The first-order valence-electron chi connectivity index (χ1n) is 8.48. The molecule has 4 nitrogen and oxygen atoms in total. The van der Waals surface area contributed by atoms with Crippen molar-refractivity contribution in [1.82, 2.24) is 10.2 Å². The molecule has 0 atom stereocenters. The molecule has 0 saturated carbocycles. The molecule has 1 fully saturated rings. The average Bonchev–Trinajstić information content (AvgIpc) is 2.57. The van der Waals surface area contributed by atoms with Gasteiger partial charge >= 0.3 is 0 Å². The predicted octanol–water partition coefficient (Wildman–Crippen LogP) is 3.29. The number of nitrogens with one attached hydrogen (secondary N) is 1. The number of likely N-dealkylation sites (tertiary alicyclic amines) is 1. The van der Waals surface area contributed by atoms with Crippen molar-refractivity contribution in [3.05, 3.63) is 34.9 Å². The molecule has 5 heteroatoms. The monoisotopic (exact) mass is 350 g/mol. The number of hydrogen-bond donors (Lipinski definition) is 1. The van der Waals surface area contributed by atoms with Gasteiger partial charge in [-0.1, -0.05) is 6.07 Å². The Hall–Kier alpha value is -1.55. The van der Waals surface area contributed by atoms with Gasteiger partial charge in [0.15, 0.2) is 0 Å². The Morgan fingerprint density at radius 3 is 2.38 bits per heavy atom. The third kappa shape index (κ3) is 4.29. The van der Waals surface area contributed by atoms with E-state index in [1.165, 1.54) is 5.56 Å². The van der Waals surface area contributed by atoms with Gasteiger partial charge in [0, 0.05) is 30.6 Å². The third-order valence-corrected chi connectivity index (χ3v) is 5.47. The fourth-order valence-corrected chi connectivity index (χ4v) is 2.98. The number of amides is 2. The molecule has 1 heterocycles. The number of alkyl halides is 1. The maximum absolute atomic E-state index is 12.4. The molecule has 1 saturated heterocycles. The minimum absolute atomic E-state index is 0.0380. The van der Waals surface area contributed by atoms with E-state index in [9.17, 15) is 9.59 Å². The quantitative estimate of drug-likeness (QED) is 0.847. The summed E-state index contributed by atoms with van der Waals surface area (Å²) in [5.74, 6) is 0.371. The fraction of sp³-hybridized carbons (Fsp3) is 0.579. The molecule has 1 aromatic carbocycles. The van der Waals surface area contributed by atoms with Crippen molar-refractivity contribution < 1.29 is 9.59 Å². The molecule has 0 bridgehead atoms. The maximum Gasteiger partial charge on any atom is 0.251 e. The molecular formula is C19H27ClN2O2. The molecule has 0 unspecified atom stereocenters. The van der Waals surface area contributed by atoms with Crippen LogP contribution in [0.25, 0.3) is 0 Å². The lowest BCUT2D eigenvalue weighted by atomic mass is 9.92. The molecule has 2 rings (SSSR count). The summed E-state index contributed by atoms with van der Waals surface area (Å²) < 4.78 is 0. The second-order valence-corrected chi connectivity index (χ2v) is 7.62. The van der Waals surface area contributed by atoms with Crippen molar-refractivity contribution >= 4 is 23.4 Å². The normalized spacial score (nSPS) is 16.1. The van der Waals surface area contributed by atoms with Crippen LogP contribution in [0.15, 0.2) is 18.2 Å². The largest absolute Gasteiger partial charge is 0.349 e. The molecule has 2 amide bonds. The van der Waals surface area contributed by atoms with E-state index < -0.39 is 5.41 Å². The van der Waals surface area contributed by atoms with Gasteiger partial charge in [0.2, 0.25) is 5.91 Å². The average molecular weight is 351 g/mol. The molecule has 1 aliphatic heterocycles. The second kappa shape index (κ2) is 7.56. The molecule has 132 valence electrons. The Kier molecular flexibility index (Phi) is 5.92. The Balaban J connectivity index is 1.90. The van der Waals surface area contributed by atoms with Crippen LogP contribution in [-0.4, -0.2) is 41.7 Å². The van der Waals surface area contributed by atoms with Gasteiger partial charge in [0.05, 0.1) is 5.41 Å². The zero-order chi connectivity index (χ0) is 17.9. The minimum Gasteiger partial charge on any atom is -0.349 e. The molecule has 1 aromatic rings. The maximum atomic E-state index is 12.4. The van der Waals surface area contributed by atoms with Crippen molar-refractivity contribution in [2.24, 2.45) is 5.41 Å². The Labute approximate surface area is 149 Å². The first-order valence-corrected chi connectivity index (χ1v) is 9.01. The van der Waals surface area contributed by atoms with Gasteiger partial charge in [-0.3, -0.25) is 9.59 Å². The highest BCUT2D eigenvalue weighted by Crippen LogP contribution is 2.23. The standard InChI is InChI=1S/C19H27ClN2O2/c1-13-5-6-15(11-14(13)2)17(23)21-16-7-9-22(10-8-16)18(24)19(3,4)12-20/h5-6,11,16H,7-10,12H2,1-4H3,(H,21,23). The highest BCUT2D eigenvalue weighted by molar-refractivity contribution is 6.19. The zero-order valence-corrected chi connectivity index (χ0v) is 15.7. The number of piperidine rings is 1. The molecular weight excluding hydrogens is 324 g/mol. The van der Waals surface area contributed by atoms with Crippen LogP contribution < -0.4 is 5.32 Å². The first kappa shape index (κ1) is 18.8. The van der Waals surface area contributed by atoms with Gasteiger partial charge in [-0.2, -0.15) is 0 Å². The highest BCUT2D eigenvalue weighted by atomic mass is 35.5. The number of hydrogen-bond acceptors (Lipinski definition) is 2. The summed E-state index contributed by atoms with van der Waals surface area (Å²) in [6.45, 7) is 9.11. The second-order valence-electron chi connectivity index (χ2n) is 7.36. The van der Waals surface area contributed by atoms with Gasteiger partial charge in [-0.25, -0.2) is 0 Å². The van der Waals surface area contributed by atoms with E-state index in [1.807, 2.05) is 50.8 Å². The molecule has 0 aromatic heterocycles. The summed E-state index contributed by atoms with van der Waals surface area (Å²) in [5.41, 5.74) is 2.46. The summed E-state index contributed by atoms with van der Waals surface area (Å²) >= 11 is 5.89. The zero-order valence-electron chi connectivity index (χ0n) is 15.0. The number of carbonyl (C=O) groups is 2. The Morgan fingerprint density at radius 2 is 1.83 bits per heavy atom. The fourth-order valence-electron chi connectivity index (χ4n) is 2.86. The van der Waals surface area contributed by atoms with Crippen LogP contribution in [0.4, 0.5) is 0 Å². The predicted molar refractivity (Wildman–Crippen MR) is 97.5 cm³/mol. The molecule has 1 N–H and O–H groups in total. The van der Waals surface area contributed by atoms with Crippen LogP contribution in [-0.2, 0) is 4.79 Å². The van der Waals surface area contributed by atoms with Gasteiger partial charge in [-0.15, -0.1) is 11.6 Å². The first-order chi connectivity index (χ1) is 11.2. The topological polar surface area (TPSA) is 49.4 Å². The number of aryl methyl sites for hydroxylation is 2. The SMILES string of the molecule is Cc1ccc(C(=O)NC2CCN(C(=O)C(C)(C)CCl)CC2)cc1C. The lowest BCUT2D eigenvalue weighted by molar-refractivity contribution is -0.140. The van der Waals surface area contributed by atoms with E-state index in [-0.39, 0.29) is 17.9 Å². The minimum atomic E-state index is -0.531. The number of carbonyl (C=O) groups excluding carboxylic acids is 2. The lowest BCUT2D eigenvalue weighted by Crippen LogP contribution is -2.50. The Morgan fingerprint density at radius 1 is 1.21 bits per heavy atom. The van der Waals surface area contributed by atoms with Gasteiger partial charge in [0.25, 0.3) is 5.91 Å². The number of benzene rings is 1. The van der Waals surface area contributed by atoms with Crippen molar-refractivity contribution in [1.29, 1.82) is 0 Å².